The van der Waals surface area contributed by atoms with Crippen molar-refractivity contribution in [2.75, 3.05) is 7.11 Å². The predicted octanol–water partition coefficient (Wildman–Crippen LogP) is 3.70. The number of non-ortho nitro benzene ring substituents is 1. The van der Waals surface area contributed by atoms with Crippen LogP contribution >= 0.6 is 0 Å². The molecule has 1 aliphatic rings. The van der Waals surface area contributed by atoms with E-state index in [-0.39, 0.29) is 59.4 Å². The van der Waals surface area contributed by atoms with E-state index in [1.54, 1.807) is 11.5 Å². The monoisotopic (exact) mass is 470 g/mol. The molecule has 11 heteroatoms. The van der Waals surface area contributed by atoms with E-state index < -0.39 is 17.0 Å². The average molecular weight is 470 g/mol. The fourth-order valence-corrected chi connectivity index (χ4v) is 3.65. The molecule has 178 valence electrons. The first-order chi connectivity index (χ1) is 16.1. The van der Waals surface area contributed by atoms with Crippen molar-refractivity contribution in [1.82, 2.24) is 4.57 Å². The van der Waals surface area contributed by atoms with E-state index in [2.05, 4.69) is 4.74 Å². The molecule has 2 aromatic rings. The minimum atomic E-state index is -1.08. The number of fused-ring (bicyclic) bond motifs is 1. The predicted molar refractivity (Wildman–Crippen MR) is 117 cm³/mol. The number of esters is 1. The van der Waals surface area contributed by atoms with Crippen LogP contribution in [0.3, 0.4) is 0 Å². The lowest BCUT2D eigenvalue weighted by Crippen LogP contribution is -2.19. The molecule has 1 aromatic heterocycles. The molecule has 0 bridgehead atoms. The molecule has 0 spiro atoms. The summed E-state index contributed by atoms with van der Waals surface area (Å²) in [6.07, 6.45) is 0.686. The third-order valence-electron chi connectivity index (χ3n) is 5.39. The van der Waals surface area contributed by atoms with Gasteiger partial charge in [0.15, 0.2) is 5.78 Å². The largest absolute Gasteiger partial charge is 0.514 e. The molecule has 3 rings (SSSR count). The van der Waals surface area contributed by atoms with Gasteiger partial charge in [0, 0.05) is 41.9 Å². The first-order valence-electron chi connectivity index (χ1n) is 10.3. The first kappa shape index (κ1) is 24.4. The Hall–Kier alpha value is -4.28. The van der Waals surface area contributed by atoms with Crippen molar-refractivity contribution in [2.45, 2.75) is 39.8 Å². The van der Waals surface area contributed by atoms with Gasteiger partial charge in [-0.2, -0.15) is 0 Å². The van der Waals surface area contributed by atoms with Gasteiger partial charge in [-0.15, -0.1) is 0 Å². The molecular formula is C23H22N2O9. The number of hydrogen-bond acceptors (Lipinski definition) is 9. The van der Waals surface area contributed by atoms with E-state index in [0.717, 1.165) is 0 Å². The Kier molecular flexibility index (Phi) is 7.24. The normalized spacial score (nSPS) is 12.6. The van der Waals surface area contributed by atoms with Crippen molar-refractivity contribution < 1.29 is 38.3 Å². The maximum atomic E-state index is 12.9. The van der Waals surface area contributed by atoms with Crippen LogP contribution in [0.5, 0.6) is 5.75 Å². The molecule has 0 atom stereocenters. The molecule has 0 N–H and O–H groups in total. The molecule has 0 unspecified atom stereocenters. The number of nitro groups is 1. The van der Waals surface area contributed by atoms with Crippen molar-refractivity contribution in [3.8, 4) is 5.75 Å². The van der Waals surface area contributed by atoms with Crippen LogP contribution in [-0.4, -0.2) is 40.3 Å². The van der Waals surface area contributed by atoms with Crippen molar-refractivity contribution in [3.63, 3.8) is 0 Å². The third-order valence-corrected chi connectivity index (χ3v) is 5.39. The van der Waals surface area contributed by atoms with Crippen LogP contribution in [0.4, 0.5) is 10.5 Å². The minimum Gasteiger partial charge on any atom is -0.469 e. The number of carbonyl (C=O) groups is 4. The number of hydrogen-bond donors (Lipinski definition) is 0. The quantitative estimate of drug-likeness (QED) is 0.244. The Balaban J connectivity index is 1.80. The smallest absolute Gasteiger partial charge is 0.469 e. The molecular weight excluding hydrogens is 448 g/mol. The molecule has 34 heavy (non-hydrogen) atoms. The standard InChI is InChI=1S/C23H22N2O9/c1-13-11-18(26)21-20(22(13)28)17(14(2)24(21)10-4-5-19(27)32-3)12-33-23(29)34-16-8-6-15(7-9-16)25(30)31/h6-9,11H,4-5,10,12H2,1-3H3. The van der Waals surface area contributed by atoms with E-state index in [1.807, 2.05) is 0 Å². The molecule has 0 radical (unpaired) electrons. The Morgan fingerprint density at radius 1 is 1.12 bits per heavy atom. The van der Waals surface area contributed by atoms with Gasteiger partial charge in [-0.25, -0.2) is 4.79 Å². The molecule has 1 aromatic carbocycles. The molecule has 0 fully saturated rings. The lowest BCUT2D eigenvalue weighted by atomic mass is 9.92. The second kappa shape index (κ2) is 10.1. The number of allylic oxidation sites excluding steroid dienone is 2. The van der Waals surface area contributed by atoms with Gasteiger partial charge in [-0.05, 0) is 38.5 Å². The van der Waals surface area contributed by atoms with Gasteiger partial charge in [0.1, 0.15) is 18.1 Å². The molecule has 11 nitrogen and oxygen atoms in total. The molecule has 0 saturated carbocycles. The van der Waals surface area contributed by atoms with E-state index in [9.17, 15) is 29.3 Å². The number of ether oxygens (including phenoxy) is 3. The van der Waals surface area contributed by atoms with Crippen LogP contribution in [0.15, 0.2) is 35.9 Å². The molecule has 1 heterocycles. The average Bonchev–Trinajstić information content (AvgIpc) is 3.08. The summed E-state index contributed by atoms with van der Waals surface area (Å²) >= 11 is 0. The van der Waals surface area contributed by atoms with Crippen molar-refractivity contribution in [1.29, 1.82) is 0 Å². The summed E-state index contributed by atoms with van der Waals surface area (Å²) in [6.45, 7) is 3.16. The lowest BCUT2D eigenvalue weighted by Gasteiger charge is -2.13. The van der Waals surface area contributed by atoms with Crippen LogP contribution in [-0.2, 0) is 27.4 Å². The highest BCUT2D eigenvalue weighted by molar-refractivity contribution is 6.24. The molecule has 0 aliphatic heterocycles. The zero-order valence-electron chi connectivity index (χ0n) is 18.8. The maximum Gasteiger partial charge on any atom is 0.514 e. The van der Waals surface area contributed by atoms with Gasteiger partial charge < -0.3 is 18.8 Å². The molecule has 0 saturated heterocycles. The van der Waals surface area contributed by atoms with Gasteiger partial charge in [0.05, 0.1) is 17.6 Å². The van der Waals surface area contributed by atoms with E-state index in [0.29, 0.717) is 17.7 Å². The highest BCUT2D eigenvalue weighted by atomic mass is 16.7. The summed E-state index contributed by atoms with van der Waals surface area (Å²) in [5, 5.41) is 10.7. The summed E-state index contributed by atoms with van der Waals surface area (Å²) in [4.78, 5) is 59.4. The second-order valence-corrected chi connectivity index (χ2v) is 7.53. The van der Waals surface area contributed by atoms with Gasteiger partial charge in [-0.1, -0.05) is 0 Å². The number of benzene rings is 1. The summed E-state index contributed by atoms with van der Waals surface area (Å²) in [5.74, 6) is -1.06. The second-order valence-electron chi connectivity index (χ2n) is 7.53. The number of methoxy groups -OCH3 is 1. The van der Waals surface area contributed by atoms with Crippen molar-refractivity contribution in [2.24, 2.45) is 0 Å². The third kappa shape index (κ3) is 5.03. The Bertz CT molecular complexity index is 1210. The number of carbonyl (C=O) groups excluding carboxylic acids is 4. The number of Topliss-reactive ketones (excluding diaryl/α,β-unsaturated/α-hetero) is 1. The summed E-state index contributed by atoms with van der Waals surface area (Å²) < 4.78 is 16.5. The number of rotatable bonds is 8. The maximum absolute atomic E-state index is 12.9. The minimum absolute atomic E-state index is 0.0414. The van der Waals surface area contributed by atoms with Gasteiger partial charge in [-0.3, -0.25) is 24.5 Å². The lowest BCUT2D eigenvalue weighted by molar-refractivity contribution is -0.384. The van der Waals surface area contributed by atoms with Crippen LogP contribution < -0.4 is 4.74 Å². The Labute approximate surface area is 194 Å². The molecule has 0 amide bonds. The fraction of sp³-hybridized carbons (Fsp3) is 0.304. The van der Waals surface area contributed by atoms with Crippen LogP contribution in [0.25, 0.3) is 0 Å². The van der Waals surface area contributed by atoms with E-state index in [1.165, 1.54) is 44.4 Å². The van der Waals surface area contributed by atoms with Crippen molar-refractivity contribution >= 4 is 29.4 Å². The highest BCUT2D eigenvalue weighted by Crippen LogP contribution is 2.31. The number of nitro benzene ring substituents is 1. The Morgan fingerprint density at radius 3 is 2.41 bits per heavy atom. The number of aromatic nitrogens is 1. The van der Waals surface area contributed by atoms with Crippen LogP contribution in [0.2, 0.25) is 0 Å². The van der Waals surface area contributed by atoms with Crippen molar-refractivity contribution in [3.05, 3.63) is 68.5 Å². The summed E-state index contributed by atoms with van der Waals surface area (Å²) in [7, 11) is 1.28. The fourth-order valence-electron chi connectivity index (χ4n) is 3.65. The van der Waals surface area contributed by atoms with Crippen LogP contribution in [0, 0.1) is 17.0 Å². The topological polar surface area (TPSA) is 144 Å². The van der Waals surface area contributed by atoms with Gasteiger partial charge >= 0.3 is 12.1 Å². The summed E-state index contributed by atoms with van der Waals surface area (Å²) in [5.41, 5.74) is 1.34. The Morgan fingerprint density at radius 2 is 1.79 bits per heavy atom. The SMILES string of the molecule is COC(=O)CCCn1c(C)c(COC(=O)Oc2ccc([N+](=O)[O-])cc2)c2c1C(=O)C=C(C)C2=O. The zero-order valence-corrected chi connectivity index (χ0v) is 18.8. The number of nitrogens with zero attached hydrogens (tertiary/aromatic N) is 2. The highest BCUT2D eigenvalue weighted by Gasteiger charge is 2.33. The van der Waals surface area contributed by atoms with Gasteiger partial charge in [0.2, 0.25) is 5.78 Å². The van der Waals surface area contributed by atoms with E-state index >= 15 is 0 Å². The summed E-state index contributed by atoms with van der Waals surface area (Å²) in [6, 6.07) is 4.86. The van der Waals surface area contributed by atoms with E-state index in [4.69, 9.17) is 9.47 Å². The van der Waals surface area contributed by atoms with Crippen LogP contribution in [0.1, 0.15) is 51.9 Å². The first-order valence-corrected chi connectivity index (χ1v) is 10.3. The molecule has 1 aliphatic carbocycles. The zero-order chi connectivity index (χ0) is 25.0. The number of ketones is 2. The van der Waals surface area contributed by atoms with Gasteiger partial charge in [0.25, 0.3) is 5.69 Å².